The number of fused-ring (bicyclic) bond motifs is 1. The Morgan fingerprint density at radius 2 is 2.23 bits per heavy atom. The summed E-state index contributed by atoms with van der Waals surface area (Å²) in [6.45, 7) is 1.71. The second-order valence-electron chi connectivity index (χ2n) is 6.38. The summed E-state index contributed by atoms with van der Waals surface area (Å²) in [7, 11) is 0. The van der Waals surface area contributed by atoms with E-state index in [9.17, 15) is 14.3 Å². The van der Waals surface area contributed by atoms with E-state index in [1.807, 2.05) is 28.7 Å². The first kappa shape index (κ1) is 20.1. The van der Waals surface area contributed by atoms with Crippen molar-refractivity contribution in [2.24, 2.45) is 4.99 Å². The number of aromatic nitrogens is 1. The molecule has 2 N–H and O–H groups in total. The summed E-state index contributed by atoms with van der Waals surface area (Å²) in [5.41, 5.74) is 2.41. The fraction of sp³-hybridized carbons (Fsp3) is 0.0952. The molecule has 4 rings (SSSR count). The monoisotopic (exact) mass is 519 g/mol. The standard InChI is InChI=1S/C21H15FIN3O4/c1-11-7-13(22)4-5-15(11)26-20-17(21(28)29-10-23)18(27)16(30-20)8-12-9-25-19-14(12)3-2-6-24-19/h2-9,26-27H,10H2,1H3. The Morgan fingerprint density at radius 3 is 3.00 bits per heavy atom. The largest absolute Gasteiger partial charge is 0.504 e. The highest BCUT2D eigenvalue weighted by Crippen LogP contribution is 2.39. The highest BCUT2D eigenvalue weighted by Gasteiger charge is 2.27. The number of aryl methyl sites for hydroxylation is 1. The Bertz CT molecular complexity index is 1200. The van der Waals surface area contributed by atoms with E-state index in [0.717, 1.165) is 5.56 Å². The van der Waals surface area contributed by atoms with E-state index in [1.165, 1.54) is 18.2 Å². The third kappa shape index (κ3) is 3.80. The van der Waals surface area contributed by atoms with E-state index in [2.05, 4.69) is 15.3 Å². The SMILES string of the molecule is Cc1cc(F)ccc1Nc1oc(C=C2C=Nc3ncccc32)c(O)c1C(=O)OCI. The Morgan fingerprint density at radius 1 is 1.40 bits per heavy atom. The summed E-state index contributed by atoms with van der Waals surface area (Å²) >= 11 is 1.88. The molecule has 1 aliphatic rings. The number of ether oxygens (including phenoxy) is 1. The first-order valence-electron chi connectivity index (χ1n) is 8.81. The zero-order valence-electron chi connectivity index (χ0n) is 15.6. The Balaban J connectivity index is 1.78. The van der Waals surface area contributed by atoms with Gasteiger partial charge in [0.1, 0.15) is 10.4 Å². The van der Waals surface area contributed by atoms with Gasteiger partial charge in [-0.1, -0.05) is 0 Å². The average Bonchev–Trinajstić information content (AvgIpc) is 3.26. The normalized spacial score (nSPS) is 13.5. The Hall–Kier alpha value is -3.21. The third-order valence-electron chi connectivity index (χ3n) is 4.45. The Kier molecular flexibility index (Phi) is 5.53. The quantitative estimate of drug-likeness (QED) is 0.267. The fourth-order valence-corrected chi connectivity index (χ4v) is 3.29. The van der Waals surface area contributed by atoms with Crippen LogP contribution >= 0.6 is 22.6 Å². The summed E-state index contributed by atoms with van der Waals surface area (Å²) in [6.07, 6.45) is 4.80. The molecule has 3 aromatic rings. The highest BCUT2D eigenvalue weighted by molar-refractivity contribution is 14.1. The summed E-state index contributed by atoms with van der Waals surface area (Å²) in [4.78, 5) is 20.8. The molecule has 152 valence electrons. The second kappa shape index (κ2) is 8.27. The van der Waals surface area contributed by atoms with E-state index < -0.39 is 5.97 Å². The second-order valence-corrected chi connectivity index (χ2v) is 7.00. The topological polar surface area (TPSA) is 97.0 Å². The van der Waals surface area contributed by atoms with Crippen molar-refractivity contribution < 1.29 is 23.4 Å². The van der Waals surface area contributed by atoms with Gasteiger partial charge in [-0.15, -0.1) is 0 Å². The number of furan rings is 1. The first-order valence-corrected chi connectivity index (χ1v) is 10.3. The van der Waals surface area contributed by atoms with E-state index >= 15 is 0 Å². The van der Waals surface area contributed by atoms with Gasteiger partial charge in [0.25, 0.3) is 0 Å². The highest BCUT2D eigenvalue weighted by atomic mass is 127. The van der Waals surface area contributed by atoms with Crippen LogP contribution in [0.5, 0.6) is 5.75 Å². The first-order chi connectivity index (χ1) is 14.5. The molecule has 0 aliphatic carbocycles. The van der Waals surface area contributed by atoms with Crippen LogP contribution in [0.3, 0.4) is 0 Å². The molecule has 0 saturated carbocycles. The number of halogens is 2. The molecule has 3 heterocycles. The maximum absolute atomic E-state index is 13.4. The zero-order valence-corrected chi connectivity index (χ0v) is 17.8. The van der Waals surface area contributed by atoms with Gasteiger partial charge in [-0.25, -0.2) is 19.2 Å². The molecule has 0 amide bonds. The maximum atomic E-state index is 13.4. The summed E-state index contributed by atoms with van der Waals surface area (Å²) < 4.78 is 24.3. The molecule has 1 aromatic carbocycles. The van der Waals surface area contributed by atoms with Crippen molar-refractivity contribution in [2.75, 3.05) is 9.93 Å². The molecule has 0 radical (unpaired) electrons. The van der Waals surface area contributed by atoms with Crippen LogP contribution in [-0.4, -0.2) is 26.9 Å². The number of hydrogen-bond acceptors (Lipinski definition) is 7. The van der Waals surface area contributed by atoms with Gasteiger partial charge < -0.3 is 19.6 Å². The molecule has 2 aromatic heterocycles. The lowest BCUT2D eigenvalue weighted by atomic mass is 10.1. The molecular weight excluding hydrogens is 504 g/mol. The minimum Gasteiger partial charge on any atom is -0.504 e. The van der Waals surface area contributed by atoms with Gasteiger partial charge in [-0.3, -0.25) is 0 Å². The summed E-state index contributed by atoms with van der Waals surface area (Å²) in [5, 5.41) is 13.6. The van der Waals surface area contributed by atoms with Crippen molar-refractivity contribution in [2.45, 2.75) is 6.92 Å². The predicted octanol–water partition coefficient (Wildman–Crippen LogP) is 5.38. The van der Waals surface area contributed by atoms with E-state index in [0.29, 0.717) is 22.6 Å². The van der Waals surface area contributed by atoms with Crippen LogP contribution in [0.15, 0.2) is 45.9 Å². The fourth-order valence-electron chi connectivity index (χ4n) is 3.01. The zero-order chi connectivity index (χ0) is 21.3. The number of esters is 1. The van der Waals surface area contributed by atoms with Crippen molar-refractivity contribution in [1.29, 1.82) is 0 Å². The predicted molar refractivity (Wildman–Crippen MR) is 119 cm³/mol. The number of nitrogens with zero attached hydrogens (tertiary/aromatic N) is 2. The molecule has 7 nitrogen and oxygen atoms in total. The van der Waals surface area contributed by atoms with Crippen molar-refractivity contribution in [1.82, 2.24) is 4.98 Å². The maximum Gasteiger partial charge on any atom is 0.348 e. The van der Waals surface area contributed by atoms with Gasteiger partial charge in [0.15, 0.2) is 22.9 Å². The summed E-state index contributed by atoms with van der Waals surface area (Å²) in [6, 6.07) is 7.75. The molecule has 0 atom stereocenters. The van der Waals surface area contributed by atoms with Crippen LogP contribution in [0.4, 0.5) is 21.8 Å². The molecule has 0 spiro atoms. The molecule has 1 aliphatic heterocycles. The van der Waals surface area contributed by atoms with Crippen molar-refractivity contribution in [3.63, 3.8) is 0 Å². The lowest BCUT2D eigenvalue weighted by Crippen LogP contribution is -2.06. The van der Waals surface area contributed by atoms with Crippen molar-refractivity contribution in [3.8, 4) is 5.75 Å². The van der Waals surface area contributed by atoms with Crippen LogP contribution in [0.2, 0.25) is 0 Å². The molecule has 0 saturated heterocycles. The number of rotatable bonds is 5. The van der Waals surface area contributed by atoms with Crippen molar-refractivity contribution >= 4 is 63.8 Å². The van der Waals surface area contributed by atoms with Gasteiger partial charge in [0, 0.05) is 29.2 Å². The van der Waals surface area contributed by atoms with Crippen LogP contribution in [-0.2, 0) is 4.74 Å². The third-order valence-corrected chi connectivity index (χ3v) is 4.76. The van der Waals surface area contributed by atoms with Crippen LogP contribution in [0.25, 0.3) is 11.6 Å². The summed E-state index contributed by atoms with van der Waals surface area (Å²) in [5.74, 6) is -0.908. The minimum atomic E-state index is -0.750. The molecule has 9 heteroatoms. The number of anilines is 2. The number of alkyl halides is 1. The van der Waals surface area contributed by atoms with E-state index in [1.54, 1.807) is 31.5 Å². The number of aliphatic imine (C=N–C) groups is 1. The molecule has 0 bridgehead atoms. The van der Waals surface area contributed by atoms with E-state index in [-0.39, 0.29) is 33.4 Å². The van der Waals surface area contributed by atoms with Crippen LogP contribution in [0, 0.1) is 12.7 Å². The Labute approximate surface area is 184 Å². The van der Waals surface area contributed by atoms with Gasteiger partial charge in [0.05, 0.1) is 0 Å². The average molecular weight is 519 g/mol. The van der Waals surface area contributed by atoms with Gasteiger partial charge in [0.2, 0.25) is 5.88 Å². The van der Waals surface area contributed by atoms with Crippen LogP contribution < -0.4 is 5.32 Å². The van der Waals surface area contributed by atoms with Gasteiger partial charge in [-0.2, -0.15) is 0 Å². The molecule has 30 heavy (non-hydrogen) atoms. The number of benzene rings is 1. The lowest BCUT2D eigenvalue weighted by molar-refractivity contribution is 0.0588. The minimum absolute atomic E-state index is 0.00902. The number of nitrogens with one attached hydrogen (secondary N) is 1. The number of carbonyl (C=O) groups excluding carboxylic acids is 1. The van der Waals surface area contributed by atoms with Crippen LogP contribution in [0.1, 0.15) is 27.2 Å². The molecular formula is C21H15FIN3O4. The number of aromatic hydroxyl groups is 1. The molecule has 0 fully saturated rings. The van der Waals surface area contributed by atoms with Gasteiger partial charge in [-0.05, 0) is 71.5 Å². The number of hydrogen-bond donors (Lipinski definition) is 2. The van der Waals surface area contributed by atoms with E-state index in [4.69, 9.17) is 9.15 Å². The molecule has 0 unspecified atom stereocenters. The number of allylic oxidation sites excluding steroid dienone is 1. The number of pyridine rings is 1. The number of carbonyl (C=O) groups is 1. The smallest absolute Gasteiger partial charge is 0.348 e. The lowest BCUT2D eigenvalue weighted by Gasteiger charge is -2.08. The van der Waals surface area contributed by atoms with Crippen molar-refractivity contribution in [3.05, 3.63) is 64.8 Å². The van der Waals surface area contributed by atoms with Gasteiger partial charge >= 0.3 is 5.97 Å².